The Morgan fingerprint density at radius 2 is 2.04 bits per heavy atom. The zero-order valence-corrected chi connectivity index (χ0v) is 14.1. The number of hydrogen-bond donors (Lipinski definition) is 1. The molecule has 1 atom stereocenters. The van der Waals surface area contributed by atoms with Crippen LogP contribution in [0.3, 0.4) is 0 Å². The molecule has 0 aliphatic carbocycles. The highest BCUT2D eigenvalue weighted by molar-refractivity contribution is 5.82. The number of anilines is 1. The van der Waals surface area contributed by atoms with Crippen molar-refractivity contribution >= 4 is 11.7 Å². The first kappa shape index (κ1) is 16.4. The molecule has 1 amide bonds. The summed E-state index contributed by atoms with van der Waals surface area (Å²) in [5.41, 5.74) is 2.15. The average Bonchev–Trinajstić information content (AvgIpc) is 2.62. The predicted molar refractivity (Wildman–Crippen MR) is 93.7 cm³/mol. The molecule has 6 nitrogen and oxygen atoms in total. The van der Waals surface area contributed by atoms with Gasteiger partial charge in [-0.1, -0.05) is 30.3 Å². The van der Waals surface area contributed by atoms with Gasteiger partial charge in [-0.25, -0.2) is 9.97 Å². The lowest BCUT2D eigenvalue weighted by Crippen LogP contribution is -2.58. The maximum Gasteiger partial charge on any atom is 0.238 e. The maximum absolute atomic E-state index is 12.4. The molecule has 0 bridgehead atoms. The van der Waals surface area contributed by atoms with E-state index in [-0.39, 0.29) is 11.9 Å². The Morgan fingerprint density at radius 3 is 2.75 bits per heavy atom. The monoisotopic (exact) mass is 325 g/mol. The van der Waals surface area contributed by atoms with E-state index >= 15 is 0 Å². The fourth-order valence-electron chi connectivity index (χ4n) is 3.06. The van der Waals surface area contributed by atoms with Gasteiger partial charge in [0.05, 0.1) is 0 Å². The van der Waals surface area contributed by atoms with Crippen LogP contribution in [0.4, 0.5) is 5.82 Å². The van der Waals surface area contributed by atoms with Gasteiger partial charge in [0.15, 0.2) is 0 Å². The molecule has 0 unspecified atom stereocenters. The van der Waals surface area contributed by atoms with E-state index in [0.717, 1.165) is 31.1 Å². The highest BCUT2D eigenvalue weighted by Crippen LogP contribution is 2.19. The van der Waals surface area contributed by atoms with Gasteiger partial charge in [0, 0.05) is 45.0 Å². The van der Waals surface area contributed by atoms with Crippen molar-refractivity contribution in [3.05, 3.63) is 54.0 Å². The molecule has 24 heavy (non-hydrogen) atoms. The summed E-state index contributed by atoms with van der Waals surface area (Å²) in [4.78, 5) is 25.3. The number of benzene rings is 1. The highest BCUT2D eigenvalue weighted by atomic mass is 16.2. The molecule has 0 radical (unpaired) electrons. The van der Waals surface area contributed by atoms with Crippen molar-refractivity contribution in [2.75, 3.05) is 31.6 Å². The van der Waals surface area contributed by atoms with Crippen LogP contribution in [0.25, 0.3) is 0 Å². The summed E-state index contributed by atoms with van der Waals surface area (Å²) >= 11 is 0. The molecule has 2 aromatic rings. The molecule has 0 spiro atoms. The first-order valence-corrected chi connectivity index (χ1v) is 8.20. The number of aryl methyl sites for hydroxylation is 1. The second kappa shape index (κ2) is 7.40. The lowest BCUT2D eigenvalue weighted by molar-refractivity contribution is -0.126. The molecule has 1 aromatic carbocycles. The van der Waals surface area contributed by atoms with Crippen molar-refractivity contribution in [2.24, 2.45) is 0 Å². The van der Waals surface area contributed by atoms with Gasteiger partial charge in [-0.15, -0.1) is 0 Å². The van der Waals surface area contributed by atoms with E-state index in [0.29, 0.717) is 6.54 Å². The van der Waals surface area contributed by atoms with Crippen molar-refractivity contribution < 1.29 is 4.79 Å². The first-order chi connectivity index (χ1) is 11.7. The van der Waals surface area contributed by atoms with Crippen molar-refractivity contribution in [2.45, 2.75) is 19.5 Å². The molecule has 1 aromatic heterocycles. The van der Waals surface area contributed by atoms with E-state index in [9.17, 15) is 4.79 Å². The molecule has 1 aliphatic rings. The van der Waals surface area contributed by atoms with E-state index in [1.54, 1.807) is 13.4 Å². The van der Waals surface area contributed by atoms with Crippen LogP contribution in [0.1, 0.15) is 11.3 Å². The van der Waals surface area contributed by atoms with Gasteiger partial charge >= 0.3 is 0 Å². The Balaban J connectivity index is 1.77. The van der Waals surface area contributed by atoms with Crippen molar-refractivity contribution in [3.8, 4) is 0 Å². The number of aromatic nitrogens is 2. The Kier molecular flexibility index (Phi) is 5.05. The van der Waals surface area contributed by atoms with Crippen LogP contribution in [-0.4, -0.2) is 53.5 Å². The number of carbonyl (C=O) groups excluding carboxylic acids is 1. The van der Waals surface area contributed by atoms with E-state index < -0.39 is 0 Å². The fraction of sp³-hybridized carbons (Fsp3) is 0.389. The largest absolute Gasteiger partial charge is 0.358 e. The summed E-state index contributed by atoms with van der Waals surface area (Å²) in [7, 11) is 1.69. The minimum atomic E-state index is -0.195. The van der Waals surface area contributed by atoms with E-state index in [1.165, 1.54) is 5.56 Å². The third-order valence-corrected chi connectivity index (χ3v) is 4.38. The predicted octanol–water partition coefficient (Wildman–Crippen LogP) is 1.22. The van der Waals surface area contributed by atoms with Crippen molar-refractivity contribution in [1.82, 2.24) is 20.2 Å². The molecule has 1 fully saturated rings. The fourth-order valence-corrected chi connectivity index (χ4v) is 3.06. The van der Waals surface area contributed by atoms with Crippen LogP contribution in [0.5, 0.6) is 0 Å². The Labute approximate surface area is 142 Å². The van der Waals surface area contributed by atoms with E-state index in [1.807, 2.05) is 31.2 Å². The quantitative estimate of drug-likeness (QED) is 0.916. The molecule has 126 valence electrons. The smallest absolute Gasteiger partial charge is 0.238 e. The number of likely N-dealkylation sites (N-methyl/N-ethyl adjacent to an activating group) is 1. The second-order valence-electron chi connectivity index (χ2n) is 6.05. The Morgan fingerprint density at radius 1 is 1.25 bits per heavy atom. The molecular weight excluding hydrogens is 302 g/mol. The third kappa shape index (κ3) is 3.71. The second-order valence-corrected chi connectivity index (χ2v) is 6.05. The zero-order valence-electron chi connectivity index (χ0n) is 14.1. The molecule has 2 heterocycles. The minimum Gasteiger partial charge on any atom is -0.358 e. The molecule has 3 rings (SSSR count). The average molecular weight is 325 g/mol. The van der Waals surface area contributed by atoms with Gasteiger partial charge in [0.2, 0.25) is 5.91 Å². The lowest BCUT2D eigenvalue weighted by atomic mass is 10.1. The molecule has 0 saturated carbocycles. The van der Waals surface area contributed by atoms with Crippen molar-refractivity contribution in [1.29, 1.82) is 0 Å². The molecule has 1 saturated heterocycles. The normalized spacial score (nSPS) is 18.4. The van der Waals surface area contributed by atoms with Crippen LogP contribution in [0, 0.1) is 6.92 Å². The third-order valence-electron chi connectivity index (χ3n) is 4.38. The summed E-state index contributed by atoms with van der Waals surface area (Å²) in [6.07, 6.45) is 1.58. The van der Waals surface area contributed by atoms with Crippen LogP contribution in [0.15, 0.2) is 42.7 Å². The number of piperazine rings is 1. The number of hydrogen-bond acceptors (Lipinski definition) is 5. The van der Waals surface area contributed by atoms with Gasteiger partial charge in [0.25, 0.3) is 0 Å². The molecular formula is C18H23N5O. The van der Waals surface area contributed by atoms with Crippen LogP contribution < -0.4 is 10.2 Å². The van der Waals surface area contributed by atoms with Gasteiger partial charge in [-0.3, -0.25) is 9.69 Å². The van der Waals surface area contributed by atoms with E-state index in [2.05, 4.69) is 37.2 Å². The Hall–Kier alpha value is -2.47. The molecule has 6 heteroatoms. The van der Waals surface area contributed by atoms with Gasteiger partial charge in [0.1, 0.15) is 18.2 Å². The molecule has 1 N–H and O–H groups in total. The maximum atomic E-state index is 12.4. The number of carbonyl (C=O) groups is 1. The van der Waals surface area contributed by atoms with Crippen LogP contribution in [-0.2, 0) is 11.3 Å². The van der Waals surface area contributed by atoms with Gasteiger partial charge < -0.3 is 10.2 Å². The SMILES string of the molecule is CNC(=O)[C@@H]1CN(c2cc(C)ncn2)CCN1Cc1ccccc1. The summed E-state index contributed by atoms with van der Waals surface area (Å²) < 4.78 is 0. The zero-order chi connectivity index (χ0) is 16.9. The van der Waals surface area contributed by atoms with Crippen LogP contribution in [0.2, 0.25) is 0 Å². The molecule has 1 aliphatic heterocycles. The summed E-state index contributed by atoms with van der Waals surface area (Å²) in [6.45, 7) is 5.01. The Bertz CT molecular complexity index is 691. The van der Waals surface area contributed by atoms with Crippen molar-refractivity contribution in [3.63, 3.8) is 0 Å². The number of rotatable bonds is 4. The lowest BCUT2D eigenvalue weighted by Gasteiger charge is -2.41. The van der Waals surface area contributed by atoms with Gasteiger partial charge in [-0.2, -0.15) is 0 Å². The van der Waals surface area contributed by atoms with Crippen LogP contribution >= 0.6 is 0 Å². The standard InChI is InChI=1S/C18H23N5O/c1-14-10-17(21-13-20-14)23-9-8-22(16(12-23)18(24)19-2)11-15-6-4-3-5-7-15/h3-7,10,13,16H,8-9,11-12H2,1-2H3,(H,19,24)/t16-/m0/s1. The minimum absolute atomic E-state index is 0.0430. The van der Waals surface area contributed by atoms with Gasteiger partial charge in [-0.05, 0) is 12.5 Å². The first-order valence-electron chi connectivity index (χ1n) is 8.20. The number of amides is 1. The summed E-state index contributed by atoms with van der Waals surface area (Å²) in [6, 6.07) is 12.0. The summed E-state index contributed by atoms with van der Waals surface area (Å²) in [5, 5.41) is 2.79. The highest BCUT2D eigenvalue weighted by Gasteiger charge is 2.32. The number of nitrogens with one attached hydrogen (secondary N) is 1. The number of nitrogens with zero attached hydrogens (tertiary/aromatic N) is 4. The topological polar surface area (TPSA) is 61.4 Å². The van der Waals surface area contributed by atoms with E-state index in [4.69, 9.17) is 0 Å². The summed E-state index contributed by atoms with van der Waals surface area (Å²) in [5.74, 6) is 0.928.